The third kappa shape index (κ3) is 5.78. The number of amides is 1. The smallest absolute Gasteiger partial charge is 0.305 e. The number of carboxylic acids is 1. The Morgan fingerprint density at radius 1 is 1.29 bits per heavy atom. The molecule has 1 fully saturated rings. The molecule has 0 bridgehead atoms. The van der Waals surface area contributed by atoms with E-state index in [1.54, 1.807) is 11.0 Å². The lowest BCUT2D eigenvalue weighted by molar-refractivity contribution is -0.143. The number of halogens is 1. The van der Waals surface area contributed by atoms with E-state index in [9.17, 15) is 9.59 Å². The highest BCUT2D eigenvalue weighted by atomic mass is 35.5. The molecule has 132 valence electrons. The van der Waals surface area contributed by atoms with E-state index >= 15 is 0 Å². The Hall–Kier alpha value is -1.63. The van der Waals surface area contributed by atoms with Crippen molar-refractivity contribution in [3.05, 3.63) is 34.9 Å². The van der Waals surface area contributed by atoms with Crippen molar-refractivity contribution in [3.63, 3.8) is 0 Å². The number of hydrogen-bond acceptors (Lipinski definition) is 4. The molecule has 0 unspecified atom stereocenters. The number of rotatable bonds is 8. The Labute approximate surface area is 146 Å². The molecule has 6 nitrogen and oxygen atoms in total. The Kier molecular flexibility index (Phi) is 7.49. The molecule has 1 aromatic carbocycles. The first-order valence-corrected chi connectivity index (χ1v) is 8.36. The van der Waals surface area contributed by atoms with Gasteiger partial charge in [-0.2, -0.15) is 0 Å². The summed E-state index contributed by atoms with van der Waals surface area (Å²) in [7, 11) is 0. The summed E-state index contributed by atoms with van der Waals surface area (Å²) in [5.74, 6) is -1.12. The van der Waals surface area contributed by atoms with E-state index in [2.05, 4.69) is 0 Å². The van der Waals surface area contributed by atoms with Gasteiger partial charge in [0.25, 0.3) is 0 Å². The summed E-state index contributed by atoms with van der Waals surface area (Å²) in [6.07, 6.45) is 1.36. The number of aliphatic carboxylic acids is 1. The van der Waals surface area contributed by atoms with Gasteiger partial charge >= 0.3 is 5.97 Å². The first kappa shape index (κ1) is 18.7. The van der Waals surface area contributed by atoms with Crippen LogP contribution in [0.2, 0.25) is 5.02 Å². The number of nitrogens with zero attached hydrogens (tertiary/aromatic N) is 1. The first-order chi connectivity index (χ1) is 11.6. The number of carbonyl (C=O) groups is 2. The number of carboxylic acid groups (broad SMARTS) is 1. The highest BCUT2D eigenvalue weighted by Crippen LogP contribution is 2.17. The summed E-state index contributed by atoms with van der Waals surface area (Å²) in [6, 6.07) is 7.30. The van der Waals surface area contributed by atoms with E-state index < -0.39 is 5.97 Å². The second-order valence-corrected chi connectivity index (χ2v) is 6.07. The zero-order valence-corrected chi connectivity index (χ0v) is 14.2. The second kappa shape index (κ2) is 9.61. The van der Waals surface area contributed by atoms with Crippen molar-refractivity contribution in [2.75, 3.05) is 26.4 Å². The molecule has 1 aliphatic heterocycles. The third-order valence-electron chi connectivity index (χ3n) is 3.96. The van der Waals surface area contributed by atoms with Crippen LogP contribution in [0, 0.1) is 0 Å². The lowest BCUT2D eigenvalue weighted by Gasteiger charge is -2.34. The van der Waals surface area contributed by atoms with E-state index in [-0.39, 0.29) is 38.1 Å². The van der Waals surface area contributed by atoms with E-state index in [4.69, 9.17) is 26.2 Å². The van der Waals surface area contributed by atoms with E-state index in [1.165, 1.54) is 0 Å². The molecule has 1 amide bonds. The minimum Gasteiger partial charge on any atom is -0.481 e. The van der Waals surface area contributed by atoms with E-state index in [0.717, 1.165) is 18.4 Å². The van der Waals surface area contributed by atoms with Crippen LogP contribution in [-0.4, -0.2) is 54.3 Å². The molecule has 1 heterocycles. The first-order valence-electron chi connectivity index (χ1n) is 7.98. The van der Waals surface area contributed by atoms with Gasteiger partial charge in [0.2, 0.25) is 5.91 Å². The minimum absolute atomic E-state index is 0.00881. The zero-order chi connectivity index (χ0) is 17.4. The van der Waals surface area contributed by atoms with Crippen LogP contribution in [-0.2, 0) is 25.7 Å². The molecule has 1 aliphatic rings. The largest absolute Gasteiger partial charge is 0.481 e. The fraction of sp³-hybridized carbons (Fsp3) is 0.529. The maximum Gasteiger partial charge on any atom is 0.305 e. The Morgan fingerprint density at radius 3 is 2.67 bits per heavy atom. The maximum atomic E-state index is 12.5. The highest BCUT2D eigenvalue weighted by Gasteiger charge is 2.26. The average Bonchev–Trinajstić information content (AvgIpc) is 2.57. The van der Waals surface area contributed by atoms with Crippen molar-refractivity contribution in [1.29, 1.82) is 0 Å². The van der Waals surface area contributed by atoms with Crippen LogP contribution in [0.1, 0.15) is 24.8 Å². The fourth-order valence-corrected chi connectivity index (χ4v) is 2.86. The summed E-state index contributed by atoms with van der Waals surface area (Å²) in [6.45, 7) is 1.51. The molecule has 0 aromatic heterocycles. The maximum absolute atomic E-state index is 12.5. The van der Waals surface area contributed by atoms with Gasteiger partial charge in [0.1, 0.15) is 6.61 Å². The van der Waals surface area contributed by atoms with Gasteiger partial charge in [-0.25, -0.2) is 0 Å². The summed E-state index contributed by atoms with van der Waals surface area (Å²) in [5.41, 5.74) is 0.815. The zero-order valence-electron chi connectivity index (χ0n) is 13.4. The molecule has 2 rings (SSSR count). The van der Waals surface area contributed by atoms with Crippen molar-refractivity contribution < 1.29 is 24.2 Å². The van der Waals surface area contributed by atoms with Gasteiger partial charge in [-0.1, -0.05) is 29.8 Å². The molecule has 0 atom stereocenters. The predicted molar refractivity (Wildman–Crippen MR) is 88.9 cm³/mol. The van der Waals surface area contributed by atoms with Gasteiger partial charge in [-0.3, -0.25) is 9.59 Å². The standard InChI is InChI=1S/C17H22ClNO5/c18-15-4-2-1-3-13(15)11-24-12-16(20)19(8-5-17(21)22)14-6-9-23-10-7-14/h1-4,14H,5-12H2,(H,21,22). The second-order valence-electron chi connectivity index (χ2n) is 5.66. The van der Waals surface area contributed by atoms with Crippen LogP contribution in [0.5, 0.6) is 0 Å². The molecule has 0 saturated carbocycles. The van der Waals surface area contributed by atoms with Crippen LogP contribution in [0.3, 0.4) is 0 Å². The summed E-state index contributed by atoms with van der Waals surface area (Å²) >= 11 is 6.05. The van der Waals surface area contributed by atoms with Crippen LogP contribution in [0.25, 0.3) is 0 Å². The molecular weight excluding hydrogens is 334 g/mol. The molecule has 0 spiro atoms. The summed E-state index contributed by atoms with van der Waals surface area (Å²) < 4.78 is 10.8. The predicted octanol–water partition coefficient (Wildman–Crippen LogP) is 2.34. The SMILES string of the molecule is O=C(O)CCN(C(=O)COCc1ccccc1Cl)C1CCOCC1. The molecule has 1 aromatic rings. The molecule has 24 heavy (non-hydrogen) atoms. The Bertz CT molecular complexity index is 560. The molecule has 1 N–H and O–H groups in total. The van der Waals surface area contributed by atoms with Crippen molar-refractivity contribution in [2.45, 2.75) is 31.9 Å². The monoisotopic (exact) mass is 355 g/mol. The van der Waals surface area contributed by atoms with Crippen LogP contribution in [0.15, 0.2) is 24.3 Å². The Balaban J connectivity index is 1.88. The highest BCUT2D eigenvalue weighted by molar-refractivity contribution is 6.31. The van der Waals surface area contributed by atoms with Crippen LogP contribution >= 0.6 is 11.6 Å². The van der Waals surface area contributed by atoms with Gasteiger partial charge in [0, 0.05) is 30.8 Å². The molecule has 0 radical (unpaired) electrons. The normalized spacial score (nSPS) is 15.2. The van der Waals surface area contributed by atoms with Gasteiger partial charge in [-0.05, 0) is 24.5 Å². The van der Waals surface area contributed by atoms with Crippen LogP contribution < -0.4 is 0 Å². The topological polar surface area (TPSA) is 76.1 Å². The third-order valence-corrected chi connectivity index (χ3v) is 4.33. The van der Waals surface area contributed by atoms with Crippen LogP contribution in [0.4, 0.5) is 0 Å². The summed E-state index contributed by atoms with van der Waals surface area (Å²) in [5, 5.41) is 9.48. The molecular formula is C17H22ClNO5. The van der Waals surface area contributed by atoms with Gasteiger partial charge in [0.05, 0.1) is 13.0 Å². The molecule has 1 saturated heterocycles. The van der Waals surface area contributed by atoms with Gasteiger partial charge in [0.15, 0.2) is 0 Å². The van der Waals surface area contributed by atoms with Crippen molar-refractivity contribution in [1.82, 2.24) is 4.90 Å². The van der Waals surface area contributed by atoms with E-state index in [1.807, 2.05) is 18.2 Å². The van der Waals surface area contributed by atoms with Crippen molar-refractivity contribution >= 4 is 23.5 Å². The minimum atomic E-state index is -0.920. The molecule has 0 aliphatic carbocycles. The van der Waals surface area contributed by atoms with Gasteiger partial charge < -0.3 is 19.5 Å². The lowest BCUT2D eigenvalue weighted by atomic mass is 10.1. The lowest BCUT2D eigenvalue weighted by Crippen LogP contribution is -2.46. The number of hydrogen-bond donors (Lipinski definition) is 1. The van der Waals surface area contributed by atoms with Crippen molar-refractivity contribution in [3.8, 4) is 0 Å². The average molecular weight is 356 g/mol. The number of benzene rings is 1. The number of carbonyl (C=O) groups excluding carboxylic acids is 1. The van der Waals surface area contributed by atoms with E-state index in [0.29, 0.717) is 18.2 Å². The van der Waals surface area contributed by atoms with Crippen molar-refractivity contribution in [2.24, 2.45) is 0 Å². The quantitative estimate of drug-likeness (QED) is 0.774. The Morgan fingerprint density at radius 2 is 2.00 bits per heavy atom. The fourth-order valence-electron chi connectivity index (χ4n) is 2.67. The van der Waals surface area contributed by atoms with Gasteiger partial charge in [-0.15, -0.1) is 0 Å². The summed E-state index contributed by atoms with van der Waals surface area (Å²) in [4.78, 5) is 24.9. The number of ether oxygens (including phenoxy) is 2. The molecule has 7 heteroatoms.